The molecule has 1 N–H and O–H groups in total. The third-order valence-corrected chi connectivity index (χ3v) is 5.17. The predicted molar refractivity (Wildman–Crippen MR) is 107 cm³/mol. The van der Waals surface area contributed by atoms with Crippen molar-refractivity contribution in [2.75, 3.05) is 31.6 Å². The number of hydrogen-bond donors (Lipinski definition) is 1. The van der Waals surface area contributed by atoms with Crippen LogP contribution >= 0.6 is 0 Å². The van der Waals surface area contributed by atoms with E-state index in [2.05, 4.69) is 57.7 Å². The molecule has 2 aromatic carbocycles. The van der Waals surface area contributed by atoms with Gasteiger partial charge < -0.3 is 15.0 Å². The van der Waals surface area contributed by atoms with Gasteiger partial charge in [0.15, 0.2) is 0 Å². The van der Waals surface area contributed by atoms with E-state index >= 15 is 0 Å². The minimum atomic E-state index is 0.670. The van der Waals surface area contributed by atoms with Crippen molar-refractivity contribution in [1.29, 1.82) is 0 Å². The molecule has 0 radical (unpaired) electrons. The van der Waals surface area contributed by atoms with Crippen molar-refractivity contribution < 1.29 is 4.74 Å². The first-order valence-electron chi connectivity index (χ1n) is 9.26. The third kappa shape index (κ3) is 3.65. The van der Waals surface area contributed by atoms with Gasteiger partial charge in [-0.25, -0.2) is 0 Å². The highest BCUT2D eigenvalue weighted by Gasteiger charge is 2.22. The molecule has 2 heterocycles. The second kappa shape index (κ2) is 7.75. The summed E-state index contributed by atoms with van der Waals surface area (Å²) in [5, 5.41) is 4.84. The highest BCUT2D eigenvalue weighted by Crippen LogP contribution is 2.26. The van der Waals surface area contributed by atoms with Crippen LogP contribution in [-0.4, -0.2) is 31.7 Å². The molecule has 1 saturated heterocycles. The van der Waals surface area contributed by atoms with E-state index in [0.717, 1.165) is 37.4 Å². The van der Waals surface area contributed by atoms with E-state index in [9.17, 15) is 0 Å². The van der Waals surface area contributed by atoms with Crippen LogP contribution in [0.25, 0.3) is 10.9 Å². The Morgan fingerprint density at radius 3 is 2.96 bits per heavy atom. The van der Waals surface area contributed by atoms with Crippen molar-refractivity contribution in [3.63, 3.8) is 0 Å². The zero-order chi connectivity index (χ0) is 17.8. The molecule has 3 aromatic rings. The summed E-state index contributed by atoms with van der Waals surface area (Å²) in [5.74, 6) is 1.59. The van der Waals surface area contributed by atoms with Crippen LogP contribution in [0, 0.1) is 5.92 Å². The average molecular weight is 347 g/mol. The molecule has 1 aliphatic heterocycles. The number of benzene rings is 2. The SMILES string of the molecule is COc1cccc(N2CC[C@H](CNCc3cccc4cccnc34)C2)c1. The summed E-state index contributed by atoms with van der Waals surface area (Å²) in [4.78, 5) is 6.99. The minimum Gasteiger partial charge on any atom is -0.497 e. The van der Waals surface area contributed by atoms with Crippen LogP contribution in [-0.2, 0) is 6.54 Å². The van der Waals surface area contributed by atoms with E-state index in [1.165, 1.54) is 23.1 Å². The molecule has 1 aromatic heterocycles. The molecule has 4 rings (SSSR count). The zero-order valence-electron chi connectivity index (χ0n) is 15.2. The highest BCUT2D eigenvalue weighted by molar-refractivity contribution is 5.81. The summed E-state index contributed by atoms with van der Waals surface area (Å²) >= 11 is 0. The van der Waals surface area contributed by atoms with E-state index in [4.69, 9.17) is 4.74 Å². The van der Waals surface area contributed by atoms with Gasteiger partial charge in [0.2, 0.25) is 0 Å². The highest BCUT2D eigenvalue weighted by atomic mass is 16.5. The Hall–Kier alpha value is -2.59. The van der Waals surface area contributed by atoms with Crippen molar-refractivity contribution in [3.05, 3.63) is 66.4 Å². The van der Waals surface area contributed by atoms with Crippen LogP contribution in [0.2, 0.25) is 0 Å². The summed E-state index contributed by atoms with van der Waals surface area (Å²) < 4.78 is 5.35. The molecule has 0 amide bonds. The summed E-state index contributed by atoms with van der Waals surface area (Å²) in [7, 11) is 1.72. The largest absolute Gasteiger partial charge is 0.497 e. The number of para-hydroxylation sites is 1. The smallest absolute Gasteiger partial charge is 0.120 e. The molecule has 0 saturated carbocycles. The lowest BCUT2D eigenvalue weighted by molar-refractivity contribution is 0.415. The maximum atomic E-state index is 5.35. The molecule has 0 unspecified atom stereocenters. The second-order valence-corrected chi connectivity index (χ2v) is 6.93. The van der Waals surface area contributed by atoms with E-state index in [1.807, 2.05) is 18.3 Å². The van der Waals surface area contributed by atoms with Crippen LogP contribution in [0.4, 0.5) is 5.69 Å². The Kier molecular flexibility index (Phi) is 5.02. The maximum Gasteiger partial charge on any atom is 0.120 e. The first-order chi connectivity index (χ1) is 12.8. The summed E-state index contributed by atoms with van der Waals surface area (Å²) in [6.07, 6.45) is 3.09. The maximum absolute atomic E-state index is 5.35. The number of ether oxygens (including phenoxy) is 1. The van der Waals surface area contributed by atoms with Crippen molar-refractivity contribution in [3.8, 4) is 5.75 Å². The molecule has 0 bridgehead atoms. The van der Waals surface area contributed by atoms with Gasteiger partial charge in [-0.05, 0) is 36.1 Å². The Labute approximate surface area is 154 Å². The van der Waals surface area contributed by atoms with Crippen LogP contribution in [0.15, 0.2) is 60.8 Å². The number of nitrogens with one attached hydrogen (secondary N) is 1. The molecule has 4 heteroatoms. The van der Waals surface area contributed by atoms with Gasteiger partial charge in [0.1, 0.15) is 5.75 Å². The van der Waals surface area contributed by atoms with Gasteiger partial charge in [-0.1, -0.05) is 30.3 Å². The third-order valence-electron chi connectivity index (χ3n) is 5.17. The van der Waals surface area contributed by atoms with E-state index in [0.29, 0.717) is 5.92 Å². The monoisotopic (exact) mass is 347 g/mol. The Morgan fingerprint density at radius 2 is 2.04 bits per heavy atom. The molecule has 1 atom stereocenters. The van der Waals surface area contributed by atoms with Gasteiger partial charge in [0, 0.05) is 49.5 Å². The quantitative estimate of drug-likeness (QED) is 0.735. The van der Waals surface area contributed by atoms with Crippen molar-refractivity contribution in [2.24, 2.45) is 5.92 Å². The molecule has 0 spiro atoms. The molecular formula is C22H25N3O. The van der Waals surface area contributed by atoms with Gasteiger partial charge >= 0.3 is 0 Å². The lowest BCUT2D eigenvalue weighted by atomic mass is 10.1. The van der Waals surface area contributed by atoms with Gasteiger partial charge in [-0.15, -0.1) is 0 Å². The number of anilines is 1. The number of rotatable bonds is 6. The summed E-state index contributed by atoms with van der Waals surface area (Å²) in [6.45, 7) is 4.09. The lowest BCUT2D eigenvalue weighted by Crippen LogP contribution is -2.26. The van der Waals surface area contributed by atoms with Crippen molar-refractivity contribution in [2.45, 2.75) is 13.0 Å². The standard InChI is InChI=1S/C22H25N3O/c1-26-21-9-3-8-20(13-21)25-12-10-17(16-25)14-23-15-19-6-2-5-18-7-4-11-24-22(18)19/h2-9,11,13,17,23H,10,12,14-16H2,1H3/t17-/m1/s1. The van der Waals surface area contributed by atoms with E-state index in [-0.39, 0.29) is 0 Å². The van der Waals surface area contributed by atoms with Gasteiger partial charge in [-0.3, -0.25) is 4.98 Å². The zero-order valence-corrected chi connectivity index (χ0v) is 15.2. The number of nitrogens with zero attached hydrogens (tertiary/aromatic N) is 2. The first-order valence-corrected chi connectivity index (χ1v) is 9.26. The molecule has 134 valence electrons. The molecule has 26 heavy (non-hydrogen) atoms. The van der Waals surface area contributed by atoms with Crippen molar-refractivity contribution in [1.82, 2.24) is 10.3 Å². The van der Waals surface area contributed by atoms with E-state index in [1.54, 1.807) is 7.11 Å². The number of fused-ring (bicyclic) bond motifs is 1. The topological polar surface area (TPSA) is 37.4 Å². The van der Waals surface area contributed by atoms with E-state index < -0.39 is 0 Å². The molecule has 1 aliphatic rings. The summed E-state index contributed by atoms with van der Waals surface area (Å²) in [5.41, 5.74) is 3.63. The van der Waals surface area contributed by atoms with Crippen LogP contribution in [0.5, 0.6) is 5.75 Å². The number of methoxy groups -OCH3 is 1. The molecule has 4 nitrogen and oxygen atoms in total. The lowest BCUT2D eigenvalue weighted by Gasteiger charge is -2.19. The Bertz CT molecular complexity index is 875. The Balaban J connectivity index is 1.33. The van der Waals surface area contributed by atoms with Crippen LogP contribution in [0.3, 0.4) is 0 Å². The number of hydrogen-bond acceptors (Lipinski definition) is 4. The fourth-order valence-electron chi connectivity index (χ4n) is 3.76. The molecule has 1 fully saturated rings. The fraction of sp³-hybridized carbons (Fsp3) is 0.318. The second-order valence-electron chi connectivity index (χ2n) is 6.93. The number of aromatic nitrogens is 1. The van der Waals surface area contributed by atoms with Gasteiger partial charge in [0.25, 0.3) is 0 Å². The van der Waals surface area contributed by atoms with Gasteiger partial charge in [0.05, 0.1) is 12.6 Å². The van der Waals surface area contributed by atoms with Gasteiger partial charge in [-0.2, -0.15) is 0 Å². The predicted octanol–water partition coefficient (Wildman–Crippen LogP) is 3.86. The minimum absolute atomic E-state index is 0.670. The van der Waals surface area contributed by atoms with Crippen LogP contribution in [0.1, 0.15) is 12.0 Å². The van der Waals surface area contributed by atoms with Crippen molar-refractivity contribution >= 4 is 16.6 Å². The number of pyridine rings is 1. The fourth-order valence-corrected chi connectivity index (χ4v) is 3.76. The average Bonchev–Trinajstić information content (AvgIpc) is 3.17. The summed E-state index contributed by atoms with van der Waals surface area (Å²) in [6, 6.07) is 18.9. The Morgan fingerprint density at radius 1 is 1.15 bits per heavy atom. The normalized spacial score (nSPS) is 17.0. The molecular weight excluding hydrogens is 322 g/mol. The first kappa shape index (κ1) is 16.9. The van der Waals surface area contributed by atoms with Crippen LogP contribution < -0.4 is 15.0 Å². The molecule has 0 aliphatic carbocycles.